The van der Waals surface area contributed by atoms with Gasteiger partial charge in [0.1, 0.15) is 6.61 Å². The third-order valence-corrected chi connectivity index (χ3v) is 4.95. The first-order valence-corrected chi connectivity index (χ1v) is 8.81. The highest BCUT2D eigenvalue weighted by Gasteiger charge is 2.22. The molecular weight excluding hydrogens is 326 g/mol. The van der Waals surface area contributed by atoms with Gasteiger partial charge in [-0.05, 0) is 61.6 Å². The lowest BCUT2D eigenvalue weighted by Gasteiger charge is -2.22. The molecule has 1 heterocycles. The largest absolute Gasteiger partial charge is 0.504 e. The van der Waals surface area contributed by atoms with Crippen LogP contribution < -0.4 is 4.74 Å². The predicted molar refractivity (Wildman–Crippen MR) is 104 cm³/mol. The van der Waals surface area contributed by atoms with Gasteiger partial charge in [-0.1, -0.05) is 13.0 Å². The molecule has 4 heteroatoms. The maximum absolute atomic E-state index is 12.6. The average molecular weight is 353 g/mol. The van der Waals surface area contributed by atoms with Crippen molar-refractivity contribution >= 4 is 11.4 Å². The van der Waals surface area contributed by atoms with E-state index in [2.05, 4.69) is 25.8 Å². The summed E-state index contributed by atoms with van der Waals surface area (Å²) in [7, 11) is 1.57. The number of Topliss-reactive ketones (excluding diaryl/α,β-unsaturated/α-hetero) is 1. The topological polar surface area (TPSA) is 48.4 Å². The molecule has 0 saturated carbocycles. The normalized spacial score (nSPS) is 11.4. The zero-order valence-electron chi connectivity index (χ0n) is 16.5. The summed E-state index contributed by atoms with van der Waals surface area (Å²) in [6.45, 7) is 10.5. The fourth-order valence-corrected chi connectivity index (χ4v) is 3.09. The standard InChI is InChI=1S/C22H27NO3/c1-7-20(24)19(12-25-6)22-17(5)15(3)14(2)16(4)18(22)13-26-21-10-8-9-11-23-21/h8-12H,7,13H2,1-6H3/b19-12-. The smallest absolute Gasteiger partial charge is 0.213 e. The molecule has 0 aliphatic heterocycles. The Balaban J connectivity index is 2.61. The number of hydrogen-bond acceptors (Lipinski definition) is 4. The Hall–Kier alpha value is -2.62. The van der Waals surface area contributed by atoms with Crippen molar-refractivity contribution in [1.29, 1.82) is 0 Å². The van der Waals surface area contributed by atoms with Crippen LogP contribution in [0.3, 0.4) is 0 Å². The molecule has 0 aliphatic carbocycles. The molecule has 0 fully saturated rings. The van der Waals surface area contributed by atoms with Gasteiger partial charge < -0.3 is 9.47 Å². The number of allylic oxidation sites excluding steroid dienone is 1. The Morgan fingerprint density at radius 2 is 1.77 bits per heavy atom. The lowest BCUT2D eigenvalue weighted by atomic mass is 9.84. The second-order valence-electron chi connectivity index (χ2n) is 6.35. The first-order chi connectivity index (χ1) is 12.4. The Morgan fingerprint density at radius 3 is 2.35 bits per heavy atom. The molecule has 138 valence electrons. The molecule has 0 unspecified atom stereocenters. The fraction of sp³-hybridized carbons (Fsp3) is 0.364. The molecule has 2 rings (SSSR count). The summed E-state index contributed by atoms with van der Waals surface area (Å²) in [5, 5.41) is 0. The van der Waals surface area contributed by atoms with Crippen molar-refractivity contribution in [2.75, 3.05) is 7.11 Å². The van der Waals surface area contributed by atoms with Crippen LogP contribution in [0.25, 0.3) is 5.57 Å². The van der Waals surface area contributed by atoms with Crippen LogP contribution in [0.4, 0.5) is 0 Å². The number of carbonyl (C=O) groups is 1. The van der Waals surface area contributed by atoms with Crippen molar-refractivity contribution in [2.24, 2.45) is 0 Å². The van der Waals surface area contributed by atoms with Gasteiger partial charge in [-0.2, -0.15) is 0 Å². The number of aromatic nitrogens is 1. The lowest BCUT2D eigenvalue weighted by Crippen LogP contribution is -2.12. The molecule has 0 spiro atoms. The summed E-state index contributed by atoms with van der Waals surface area (Å²) < 4.78 is 11.1. The molecule has 0 bridgehead atoms. The van der Waals surface area contributed by atoms with Crippen LogP contribution in [0.15, 0.2) is 30.7 Å². The van der Waals surface area contributed by atoms with E-state index in [9.17, 15) is 4.79 Å². The first kappa shape index (κ1) is 19.7. The van der Waals surface area contributed by atoms with Gasteiger partial charge in [0.15, 0.2) is 5.78 Å². The predicted octanol–water partition coefficient (Wildman–Crippen LogP) is 4.86. The summed E-state index contributed by atoms with van der Waals surface area (Å²) >= 11 is 0. The Bertz CT molecular complexity index is 823. The van der Waals surface area contributed by atoms with Crippen molar-refractivity contribution in [3.05, 3.63) is 64.0 Å². The molecule has 0 aliphatic rings. The second-order valence-corrected chi connectivity index (χ2v) is 6.35. The molecule has 0 N–H and O–H groups in total. The number of rotatable bonds is 7. The minimum atomic E-state index is 0.0525. The lowest BCUT2D eigenvalue weighted by molar-refractivity contribution is -0.113. The van der Waals surface area contributed by atoms with Crippen LogP contribution in [-0.4, -0.2) is 17.9 Å². The van der Waals surface area contributed by atoms with Gasteiger partial charge in [0.25, 0.3) is 0 Å². The zero-order chi connectivity index (χ0) is 19.3. The minimum absolute atomic E-state index is 0.0525. The number of benzene rings is 1. The Morgan fingerprint density at radius 1 is 1.08 bits per heavy atom. The number of nitrogens with zero attached hydrogens (tertiary/aromatic N) is 1. The van der Waals surface area contributed by atoms with Gasteiger partial charge in [0, 0.05) is 24.2 Å². The van der Waals surface area contributed by atoms with Crippen molar-refractivity contribution < 1.29 is 14.3 Å². The molecule has 2 aromatic rings. The van der Waals surface area contributed by atoms with Crippen molar-refractivity contribution in [3.63, 3.8) is 0 Å². The van der Waals surface area contributed by atoms with Gasteiger partial charge in [-0.25, -0.2) is 4.98 Å². The molecule has 1 aromatic heterocycles. The van der Waals surface area contributed by atoms with Crippen LogP contribution in [-0.2, 0) is 16.1 Å². The van der Waals surface area contributed by atoms with Gasteiger partial charge in [-0.3, -0.25) is 4.79 Å². The maximum atomic E-state index is 12.6. The molecule has 1 aromatic carbocycles. The van der Waals surface area contributed by atoms with Gasteiger partial charge in [0.2, 0.25) is 5.88 Å². The molecule has 0 atom stereocenters. The van der Waals surface area contributed by atoms with Gasteiger partial charge >= 0.3 is 0 Å². The number of ether oxygens (including phenoxy) is 2. The maximum Gasteiger partial charge on any atom is 0.213 e. The molecule has 0 saturated heterocycles. The quantitative estimate of drug-likeness (QED) is 0.527. The van der Waals surface area contributed by atoms with Crippen LogP contribution in [0.5, 0.6) is 5.88 Å². The summed E-state index contributed by atoms with van der Waals surface area (Å²) in [6.07, 6.45) is 3.67. The second kappa shape index (κ2) is 8.65. The average Bonchev–Trinajstić information content (AvgIpc) is 2.67. The fourth-order valence-electron chi connectivity index (χ4n) is 3.09. The Kier molecular flexibility index (Phi) is 6.56. The van der Waals surface area contributed by atoms with Crippen LogP contribution in [0.2, 0.25) is 0 Å². The van der Waals surface area contributed by atoms with E-state index in [1.165, 1.54) is 11.1 Å². The van der Waals surface area contributed by atoms with E-state index in [0.29, 0.717) is 24.5 Å². The SMILES string of the molecule is CCC(=O)/C(=C/OC)c1c(C)c(C)c(C)c(C)c1COc1ccccn1. The number of methoxy groups -OCH3 is 1. The Labute approximate surface area is 155 Å². The summed E-state index contributed by atoms with van der Waals surface area (Å²) in [5.74, 6) is 0.615. The van der Waals surface area contributed by atoms with Crippen molar-refractivity contribution in [3.8, 4) is 5.88 Å². The van der Waals surface area contributed by atoms with Gasteiger partial charge in [0.05, 0.1) is 18.9 Å². The number of pyridine rings is 1. The van der Waals surface area contributed by atoms with Crippen molar-refractivity contribution in [1.82, 2.24) is 4.98 Å². The van der Waals surface area contributed by atoms with E-state index in [0.717, 1.165) is 22.3 Å². The number of ketones is 1. The van der Waals surface area contributed by atoms with Crippen LogP contribution in [0.1, 0.15) is 46.7 Å². The van der Waals surface area contributed by atoms with Crippen LogP contribution >= 0.6 is 0 Å². The highest BCUT2D eigenvalue weighted by molar-refractivity contribution is 6.21. The monoisotopic (exact) mass is 353 g/mol. The summed E-state index contributed by atoms with van der Waals surface area (Å²) in [6, 6.07) is 5.56. The molecule has 0 radical (unpaired) electrons. The summed E-state index contributed by atoms with van der Waals surface area (Å²) in [5.41, 5.74) is 7.12. The molecule has 0 amide bonds. The first-order valence-electron chi connectivity index (χ1n) is 8.81. The minimum Gasteiger partial charge on any atom is -0.504 e. The van der Waals surface area contributed by atoms with E-state index in [4.69, 9.17) is 9.47 Å². The third-order valence-electron chi connectivity index (χ3n) is 4.95. The van der Waals surface area contributed by atoms with E-state index in [1.807, 2.05) is 32.0 Å². The molecular formula is C22H27NO3. The van der Waals surface area contributed by atoms with Crippen molar-refractivity contribution in [2.45, 2.75) is 47.6 Å². The van der Waals surface area contributed by atoms with E-state index >= 15 is 0 Å². The van der Waals surface area contributed by atoms with Gasteiger partial charge in [-0.15, -0.1) is 0 Å². The zero-order valence-corrected chi connectivity index (χ0v) is 16.5. The van der Waals surface area contributed by atoms with E-state index < -0.39 is 0 Å². The summed E-state index contributed by atoms with van der Waals surface area (Å²) in [4.78, 5) is 16.8. The highest BCUT2D eigenvalue weighted by atomic mass is 16.5. The molecule has 26 heavy (non-hydrogen) atoms. The highest BCUT2D eigenvalue weighted by Crippen LogP contribution is 2.33. The van der Waals surface area contributed by atoms with E-state index in [1.54, 1.807) is 19.6 Å². The number of carbonyl (C=O) groups excluding carboxylic acids is 1. The molecule has 4 nitrogen and oxygen atoms in total. The van der Waals surface area contributed by atoms with Crippen LogP contribution in [0, 0.1) is 27.7 Å². The third kappa shape index (κ3) is 3.96. The number of hydrogen-bond donors (Lipinski definition) is 0. The van der Waals surface area contributed by atoms with E-state index in [-0.39, 0.29) is 5.78 Å².